The molecule has 116 valence electrons. The third-order valence-corrected chi connectivity index (χ3v) is 5.30. The van der Waals surface area contributed by atoms with E-state index < -0.39 is 10.0 Å². The van der Waals surface area contributed by atoms with Gasteiger partial charge in [0, 0.05) is 24.5 Å². The summed E-state index contributed by atoms with van der Waals surface area (Å²) in [5, 5.41) is 3.18. The highest BCUT2D eigenvalue weighted by molar-refractivity contribution is 7.98. The van der Waals surface area contributed by atoms with Crippen molar-refractivity contribution < 1.29 is 8.42 Å². The molecule has 8 heteroatoms. The minimum Gasteiger partial charge on any atom is -0.368 e. The number of hydrogen-bond acceptors (Lipinski definition) is 5. The van der Waals surface area contributed by atoms with Gasteiger partial charge in [-0.15, -0.1) is 0 Å². The molecule has 2 aromatic rings. The van der Waals surface area contributed by atoms with Crippen LogP contribution in [-0.4, -0.2) is 42.4 Å². The topological polar surface area (TPSA) is 75.5 Å². The highest BCUT2D eigenvalue weighted by atomic mass is 32.2. The molecule has 1 atom stereocenters. The molecule has 0 aliphatic carbocycles. The summed E-state index contributed by atoms with van der Waals surface area (Å²) in [5.74, 6) is 1.10. The van der Waals surface area contributed by atoms with E-state index in [9.17, 15) is 8.42 Å². The lowest BCUT2D eigenvalue weighted by atomic mass is 10.4. The molecule has 0 aliphatic heterocycles. The summed E-state index contributed by atoms with van der Waals surface area (Å²) in [6.07, 6.45) is 3.65. The van der Waals surface area contributed by atoms with Crippen molar-refractivity contribution in [3.63, 3.8) is 0 Å². The molecule has 2 aromatic heterocycles. The largest absolute Gasteiger partial charge is 0.368 e. The molecule has 2 rings (SSSR count). The maximum Gasteiger partial charge on any atom is 0.260 e. The lowest BCUT2D eigenvalue weighted by molar-refractivity contribution is 0.566. The van der Waals surface area contributed by atoms with Crippen LogP contribution in [0.15, 0.2) is 29.4 Å². The third kappa shape index (κ3) is 3.50. The first-order valence-electron chi connectivity index (χ1n) is 6.71. The van der Waals surface area contributed by atoms with Crippen molar-refractivity contribution in [2.45, 2.75) is 24.9 Å². The molecule has 0 spiro atoms. The predicted octanol–water partition coefficient (Wildman–Crippen LogP) is 1.80. The number of fused-ring (bicyclic) bond motifs is 1. The van der Waals surface area contributed by atoms with Gasteiger partial charge in [0.25, 0.3) is 10.0 Å². The zero-order valence-corrected chi connectivity index (χ0v) is 14.0. The molecule has 2 heterocycles. The summed E-state index contributed by atoms with van der Waals surface area (Å²) in [6, 6.07) is 5.26. The number of sulfonamides is 1. The molecule has 21 heavy (non-hydrogen) atoms. The Kier molecular flexibility index (Phi) is 5.13. The Bertz CT molecular complexity index is 712. The first-order chi connectivity index (χ1) is 9.99. The van der Waals surface area contributed by atoms with E-state index in [-0.39, 0.29) is 11.1 Å². The zero-order chi connectivity index (χ0) is 15.5. The molecular weight excluding hydrogens is 308 g/mol. The van der Waals surface area contributed by atoms with E-state index in [4.69, 9.17) is 0 Å². The second kappa shape index (κ2) is 6.67. The van der Waals surface area contributed by atoms with Crippen molar-refractivity contribution in [3.8, 4) is 0 Å². The lowest BCUT2D eigenvalue weighted by Crippen LogP contribution is -2.35. The summed E-state index contributed by atoms with van der Waals surface area (Å²) in [4.78, 5) is 4.35. The Balaban J connectivity index is 2.50. The van der Waals surface area contributed by atoms with Crippen LogP contribution >= 0.6 is 11.8 Å². The Labute approximate surface area is 129 Å². The number of imidazole rings is 1. The Morgan fingerprint density at radius 3 is 2.86 bits per heavy atom. The second-order valence-corrected chi connectivity index (χ2v) is 7.24. The Morgan fingerprint density at radius 2 is 2.19 bits per heavy atom. The van der Waals surface area contributed by atoms with Gasteiger partial charge in [-0.1, -0.05) is 6.07 Å². The van der Waals surface area contributed by atoms with Gasteiger partial charge in [0.15, 0.2) is 10.8 Å². The minimum absolute atomic E-state index is 0.145. The monoisotopic (exact) mass is 328 g/mol. The smallest absolute Gasteiger partial charge is 0.260 e. The van der Waals surface area contributed by atoms with Gasteiger partial charge < -0.3 is 5.32 Å². The fourth-order valence-corrected chi connectivity index (χ4v) is 4.32. The van der Waals surface area contributed by atoms with Crippen molar-refractivity contribution in [2.24, 2.45) is 0 Å². The van der Waals surface area contributed by atoms with Crippen molar-refractivity contribution in [1.29, 1.82) is 0 Å². The standard InChI is InChI=1S/C13H20N4O2S2/c1-4-14-12-13(17-8-6-5-7-11(17)15-12)21(18,19)16-10(2)9-20-3/h5-8,10,14,16H,4,9H2,1-3H3. The van der Waals surface area contributed by atoms with Gasteiger partial charge in [0.2, 0.25) is 0 Å². The molecule has 0 saturated heterocycles. The number of nitrogens with one attached hydrogen (secondary N) is 2. The highest BCUT2D eigenvalue weighted by Gasteiger charge is 2.26. The second-order valence-electron chi connectivity index (χ2n) is 4.70. The molecule has 0 radical (unpaired) electrons. The minimum atomic E-state index is -3.64. The van der Waals surface area contributed by atoms with Crippen LogP contribution in [0.25, 0.3) is 5.65 Å². The van der Waals surface area contributed by atoms with E-state index in [0.29, 0.717) is 23.8 Å². The fourth-order valence-electron chi connectivity index (χ4n) is 2.12. The van der Waals surface area contributed by atoms with E-state index in [1.807, 2.05) is 26.2 Å². The normalized spacial score (nSPS) is 13.5. The number of rotatable bonds is 7. The molecule has 6 nitrogen and oxygen atoms in total. The van der Waals surface area contributed by atoms with Crippen LogP contribution in [0.4, 0.5) is 5.82 Å². The van der Waals surface area contributed by atoms with Crippen LogP contribution in [0.5, 0.6) is 0 Å². The molecular formula is C13H20N4O2S2. The molecule has 0 aromatic carbocycles. The summed E-state index contributed by atoms with van der Waals surface area (Å²) in [5.41, 5.74) is 0.603. The van der Waals surface area contributed by atoms with Gasteiger partial charge in [0.05, 0.1) is 0 Å². The first-order valence-corrected chi connectivity index (χ1v) is 9.59. The van der Waals surface area contributed by atoms with E-state index in [0.717, 1.165) is 0 Å². The molecule has 0 amide bonds. The maximum atomic E-state index is 12.7. The average molecular weight is 328 g/mol. The highest BCUT2D eigenvalue weighted by Crippen LogP contribution is 2.23. The number of thioether (sulfide) groups is 1. The third-order valence-electron chi connectivity index (χ3n) is 2.86. The van der Waals surface area contributed by atoms with Crippen LogP contribution < -0.4 is 10.0 Å². The van der Waals surface area contributed by atoms with Crippen LogP contribution in [0.3, 0.4) is 0 Å². The predicted molar refractivity (Wildman–Crippen MR) is 87.5 cm³/mol. The number of aromatic nitrogens is 2. The van der Waals surface area contributed by atoms with Gasteiger partial charge >= 0.3 is 0 Å². The summed E-state index contributed by atoms with van der Waals surface area (Å²) >= 11 is 1.60. The van der Waals surface area contributed by atoms with Crippen molar-refractivity contribution >= 4 is 33.3 Å². The molecule has 0 bridgehead atoms. The van der Waals surface area contributed by atoms with Crippen molar-refractivity contribution in [3.05, 3.63) is 24.4 Å². The van der Waals surface area contributed by atoms with E-state index in [2.05, 4.69) is 15.0 Å². The number of nitrogens with zero attached hydrogens (tertiary/aromatic N) is 2. The molecule has 0 saturated carbocycles. The first kappa shape index (κ1) is 16.1. The quantitative estimate of drug-likeness (QED) is 0.810. The van der Waals surface area contributed by atoms with Crippen LogP contribution in [0.2, 0.25) is 0 Å². The number of hydrogen-bond donors (Lipinski definition) is 2. The summed E-state index contributed by atoms with van der Waals surface area (Å²) < 4.78 is 29.6. The molecule has 0 fully saturated rings. The summed E-state index contributed by atoms with van der Waals surface area (Å²) in [7, 11) is -3.64. The number of anilines is 1. The van der Waals surface area contributed by atoms with Gasteiger partial charge in [-0.2, -0.15) is 11.8 Å². The SMILES string of the molecule is CCNc1nc2ccccn2c1S(=O)(=O)NC(C)CSC. The van der Waals surface area contributed by atoms with E-state index >= 15 is 0 Å². The molecule has 2 N–H and O–H groups in total. The van der Waals surface area contributed by atoms with Crippen molar-refractivity contribution in [1.82, 2.24) is 14.1 Å². The number of pyridine rings is 1. The fraction of sp³-hybridized carbons (Fsp3) is 0.462. The van der Waals surface area contributed by atoms with Gasteiger partial charge in [-0.3, -0.25) is 4.40 Å². The van der Waals surface area contributed by atoms with Gasteiger partial charge in [-0.25, -0.2) is 18.1 Å². The van der Waals surface area contributed by atoms with Crippen LogP contribution in [0, 0.1) is 0 Å². The summed E-state index contributed by atoms with van der Waals surface area (Å²) in [6.45, 7) is 4.36. The van der Waals surface area contributed by atoms with Gasteiger partial charge in [0.1, 0.15) is 5.65 Å². The van der Waals surface area contributed by atoms with Crippen LogP contribution in [-0.2, 0) is 10.0 Å². The van der Waals surface area contributed by atoms with E-state index in [1.165, 1.54) is 0 Å². The lowest BCUT2D eigenvalue weighted by Gasteiger charge is -2.13. The van der Waals surface area contributed by atoms with E-state index in [1.54, 1.807) is 34.5 Å². The van der Waals surface area contributed by atoms with Crippen molar-refractivity contribution in [2.75, 3.05) is 23.9 Å². The molecule has 1 unspecified atom stereocenters. The maximum absolute atomic E-state index is 12.7. The van der Waals surface area contributed by atoms with Gasteiger partial charge in [-0.05, 0) is 32.2 Å². The Hall–Kier alpha value is -1.25. The zero-order valence-electron chi connectivity index (χ0n) is 12.3. The van der Waals surface area contributed by atoms with Crippen LogP contribution in [0.1, 0.15) is 13.8 Å². The average Bonchev–Trinajstić information content (AvgIpc) is 2.77. The Morgan fingerprint density at radius 1 is 1.43 bits per heavy atom. The molecule has 0 aliphatic rings.